The zero-order chi connectivity index (χ0) is 17.2. The van der Waals surface area contributed by atoms with Crippen molar-refractivity contribution in [1.29, 1.82) is 0 Å². The third-order valence-corrected chi connectivity index (χ3v) is 3.46. The number of hydrogen-bond donors (Lipinski definition) is 2. The number of alkyl carbamates (subject to hydrolysis) is 1. The highest BCUT2D eigenvalue weighted by Crippen LogP contribution is 2.42. The van der Waals surface area contributed by atoms with Crippen LogP contribution in [0.2, 0.25) is 5.15 Å². The van der Waals surface area contributed by atoms with E-state index in [0.717, 1.165) is 18.4 Å². The molecule has 0 aromatic carbocycles. The largest absolute Gasteiger partial charge is 0.444 e. The zero-order valence-electron chi connectivity index (χ0n) is 13.6. The first-order chi connectivity index (χ1) is 10.7. The van der Waals surface area contributed by atoms with Crippen molar-refractivity contribution < 1.29 is 14.3 Å². The molecule has 0 aliphatic heterocycles. The average molecular weight is 341 g/mol. The van der Waals surface area contributed by atoms with Crippen LogP contribution in [0.1, 0.15) is 52.0 Å². The van der Waals surface area contributed by atoms with Gasteiger partial charge >= 0.3 is 6.09 Å². The van der Waals surface area contributed by atoms with Gasteiger partial charge in [-0.2, -0.15) is 0 Å². The Labute approximate surface area is 140 Å². The standard InChI is InChI=1S/C15H21ClN4O3/c1-8(17-14(22)23-15(2,3)4)13(21)18-11-7-10(9-5-6-9)12(16)20-19-11/h7-9H,5-6H2,1-4H3,(H,17,22)(H,18,19,21)/t8-/m1/s1. The molecule has 7 nitrogen and oxygen atoms in total. The van der Waals surface area contributed by atoms with Crippen LogP contribution in [0, 0.1) is 0 Å². The van der Waals surface area contributed by atoms with Crippen LogP contribution in [0.3, 0.4) is 0 Å². The Balaban J connectivity index is 1.93. The molecule has 0 radical (unpaired) electrons. The molecule has 1 fully saturated rings. The second kappa shape index (κ2) is 6.70. The molecule has 1 aliphatic rings. The Morgan fingerprint density at radius 1 is 1.35 bits per heavy atom. The number of amides is 2. The molecule has 0 bridgehead atoms. The molecule has 0 saturated heterocycles. The Bertz CT molecular complexity index is 611. The summed E-state index contributed by atoms with van der Waals surface area (Å²) in [6.07, 6.45) is 1.48. The molecule has 1 saturated carbocycles. The van der Waals surface area contributed by atoms with Gasteiger partial charge in [0.2, 0.25) is 5.91 Å². The maximum atomic E-state index is 12.1. The number of rotatable bonds is 4. The molecule has 2 amide bonds. The quantitative estimate of drug-likeness (QED) is 0.879. The van der Waals surface area contributed by atoms with E-state index in [9.17, 15) is 9.59 Å². The van der Waals surface area contributed by atoms with E-state index in [4.69, 9.17) is 16.3 Å². The van der Waals surface area contributed by atoms with Gasteiger partial charge < -0.3 is 15.4 Å². The molecule has 2 rings (SSSR count). The summed E-state index contributed by atoms with van der Waals surface area (Å²) in [4.78, 5) is 23.8. The van der Waals surface area contributed by atoms with Gasteiger partial charge in [0.25, 0.3) is 0 Å². The molecule has 8 heteroatoms. The molecule has 1 aromatic rings. The van der Waals surface area contributed by atoms with E-state index in [2.05, 4.69) is 20.8 Å². The predicted octanol–water partition coefficient (Wildman–Crippen LogP) is 2.86. The molecule has 23 heavy (non-hydrogen) atoms. The lowest BCUT2D eigenvalue weighted by Crippen LogP contribution is -2.44. The van der Waals surface area contributed by atoms with E-state index in [1.54, 1.807) is 33.8 Å². The second-order valence-electron chi connectivity index (χ2n) is 6.61. The fraction of sp³-hybridized carbons (Fsp3) is 0.600. The first-order valence-corrected chi connectivity index (χ1v) is 7.87. The van der Waals surface area contributed by atoms with E-state index >= 15 is 0 Å². The number of nitrogens with zero attached hydrogens (tertiary/aromatic N) is 2. The van der Waals surface area contributed by atoms with E-state index in [0.29, 0.717) is 16.9 Å². The van der Waals surface area contributed by atoms with Crippen LogP contribution >= 0.6 is 11.6 Å². The Morgan fingerprint density at radius 2 is 2.00 bits per heavy atom. The van der Waals surface area contributed by atoms with Crippen LogP contribution in [0.5, 0.6) is 0 Å². The number of carbonyl (C=O) groups is 2. The summed E-state index contributed by atoms with van der Waals surface area (Å²) in [5, 5.41) is 13.2. The minimum Gasteiger partial charge on any atom is -0.444 e. The van der Waals surface area contributed by atoms with Gasteiger partial charge in [0.1, 0.15) is 11.6 Å². The first kappa shape index (κ1) is 17.5. The van der Waals surface area contributed by atoms with Gasteiger partial charge in [0.05, 0.1) is 0 Å². The normalized spacial score (nSPS) is 15.7. The summed E-state index contributed by atoms with van der Waals surface area (Å²) in [5.74, 6) is 0.305. The van der Waals surface area contributed by atoms with Gasteiger partial charge in [-0.3, -0.25) is 4.79 Å². The molecule has 0 spiro atoms. The summed E-state index contributed by atoms with van der Waals surface area (Å²) in [6.45, 7) is 6.81. The lowest BCUT2D eigenvalue weighted by Gasteiger charge is -2.21. The van der Waals surface area contributed by atoms with Gasteiger partial charge in [-0.1, -0.05) is 11.6 Å². The van der Waals surface area contributed by atoms with Crippen LogP contribution in [-0.2, 0) is 9.53 Å². The monoisotopic (exact) mass is 340 g/mol. The van der Waals surface area contributed by atoms with Crippen molar-refractivity contribution >= 4 is 29.4 Å². The minimum absolute atomic E-state index is 0.319. The third-order valence-electron chi connectivity index (χ3n) is 3.17. The molecule has 0 unspecified atom stereocenters. The second-order valence-corrected chi connectivity index (χ2v) is 6.97. The summed E-state index contributed by atoms with van der Waals surface area (Å²) in [5.41, 5.74) is 0.269. The van der Waals surface area contributed by atoms with Crippen LogP contribution in [0.25, 0.3) is 0 Å². The smallest absolute Gasteiger partial charge is 0.408 e. The number of anilines is 1. The summed E-state index contributed by atoms with van der Waals surface area (Å²) in [7, 11) is 0. The molecule has 126 valence electrons. The maximum Gasteiger partial charge on any atom is 0.408 e. The molecular weight excluding hydrogens is 320 g/mol. The van der Waals surface area contributed by atoms with E-state index in [-0.39, 0.29) is 0 Å². The van der Waals surface area contributed by atoms with Crippen molar-refractivity contribution in [2.75, 3.05) is 5.32 Å². The van der Waals surface area contributed by atoms with E-state index in [1.165, 1.54) is 0 Å². The fourth-order valence-electron chi connectivity index (χ4n) is 1.92. The zero-order valence-corrected chi connectivity index (χ0v) is 14.4. The fourth-order valence-corrected chi connectivity index (χ4v) is 2.16. The van der Waals surface area contributed by atoms with Gasteiger partial charge in [-0.15, -0.1) is 10.2 Å². The van der Waals surface area contributed by atoms with Gasteiger partial charge in [0, 0.05) is 0 Å². The number of carbonyl (C=O) groups excluding carboxylic acids is 2. The van der Waals surface area contributed by atoms with Crippen molar-refractivity contribution in [3.63, 3.8) is 0 Å². The number of halogens is 1. The Hall–Kier alpha value is -1.89. The van der Waals surface area contributed by atoms with E-state index < -0.39 is 23.6 Å². The number of ether oxygens (including phenoxy) is 1. The lowest BCUT2D eigenvalue weighted by atomic mass is 10.2. The number of aromatic nitrogens is 2. The van der Waals surface area contributed by atoms with Gasteiger partial charge in [-0.05, 0) is 58.1 Å². The van der Waals surface area contributed by atoms with E-state index in [1.807, 2.05) is 0 Å². The third kappa shape index (κ3) is 5.35. The van der Waals surface area contributed by atoms with Crippen molar-refractivity contribution in [2.24, 2.45) is 0 Å². The number of nitrogens with one attached hydrogen (secondary N) is 2. The van der Waals surface area contributed by atoms with Crippen LogP contribution < -0.4 is 10.6 Å². The highest BCUT2D eigenvalue weighted by molar-refractivity contribution is 6.30. The molecule has 1 aliphatic carbocycles. The molecule has 1 aromatic heterocycles. The topological polar surface area (TPSA) is 93.2 Å². The van der Waals surface area contributed by atoms with Crippen LogP contribution in [0.4, 0.5) is 10.6 Å². The SMILES string of the molecule is C[C@@H](NC(=O)OC(C)(C)C)C(=O)Nc1cc(C2CC2)c(Cl)nn1. The van der Waals surface area contributed by atoms with Gasteiger partial charge in [0.15, 0.2) is 11.0 Å². The van der Waals surface area contributed by atoms with Crippen LogP contribution in [0.15, 0.2) is 6.07 Å². The molecule has 2 N–H and O–H groups in total. The summed E-state index contributed by atoms with van der Waals surface area (Å²) in [6, 6.07) is 0.956. The lowest BCUT2D eigenvalue weighted by molar-refractivity contribution is -0.117. The predicted molar refractivity (Wildman–Crippen MR) is 86.5 cm³/mol. The molecule has 1 heterocycles. The van der Waals surface area contributed by atoms with Crippen molar-refractivity contribution in [1.82, 2.24) is 15.5 Å². The Morgan fingerprint density at radius 3 is 2.57 bits per heavy atom. The minimum atomic E-state index is -0.772. The molecular formula is C15H21ClN4O3. The number of hydrogen-bond acceptors (Lipinski definition) is 5. The van der Waals surface area contributed by atoms with Crippen molar-refractivity contribution in [3.05, 3.63) is 16.8 Å². The summed E-state index contributed by atoms with van der Waals surface area (Å²) < 4.78 is 5.11. The summed E-state index contributed by atoms with van der Waals surface area (Å²) >= 11 is 6.00. The van der Waals surface area contributed by atoms with Gasteiger partial charge in [-0.25, -0.2) is 4.79 Å². The highest BCUT2D eigenvalue weighted by Gasteiger charge is 2.28. The average Bonchev–Trinajstić information content (AvgIpc) is 3.22. The molecule has 1 atom stereocenters. The van der Waals surface area contributed by atoms with Crippen molar-refractivity contribution in [3.8, 4) is 0 Å². The highest BCUT2D eigenvalue weighted by atomic mass is 35.5. The maximum absolute atomic E-state index is 12.1. The first-order valence-electron chi connectivity index (χ1n) is 7.49. The Kier molecular flexibility index (Phi) is 5.09. The van der Waals surface area contributed by atoms with Crippen LogP contribution in [-0.4, -0.2) is 33.8 Å². The van der Waals surface area contributed by atoms with Crippen molar-refractivity contribution in [2.45, 2.75) is 58.1 Å².